The van der Waals surface area contributed by atoms with Crippen LogP contribution >= 0.6 is 0 Å². The lowest BCUT2D eigenvalue weighted by Gasteiger charge is -2.61. The van der Waals surface area contributed by atoms with Gasteiger partial charge in [-0.3, -0.25) is 39.2 Å². The van der Waals surface area contributed by atoms with Crippen molar-refractivity contribution < 1.29 is 4.74 Å². The van der Waals surface area contributed by atoms with Gasteiger partial charge in [0.1, 0.15) is 12.3 Å². The van der Waals surface area contributed by atoms with Gasteiger partial charge in [-0.25, -0.2) is 0 Å². The van der Waals surface area contributed by atoms with E-state index < -0.39 is 11.7 Å². The summed E-state index contributed by atoms with van der Waals surface area (Å²) >= 11 is 0. The SMILES string of the molecule is CN(C)C(N(C)C)C(OC(C(N(C)C)N(C)C)(N(C)C)N(C)C)(N(C)C)N(C)C. The van der Waals surface area contributed by atoms with Gasteiger partial charge in [0.15, 0.2) is 0 Å². The summed E-state index contributed by atoms with van der Waals surface area (Å²) in [5, 5.41) is 0. The fourth-order valence-electron chi connectivity index (χ4n) is 4.68. The summed E-state index contributed by atoms with van der Waals surface area (Å²) in [7, 11) is 33.4. The maximum Gasteiger partial charge on any atom is 0.212 e. The molecule has 0 aliphatic rings. The van der Waals surface area contributed by atoms with Gasteiger partial charge in [0.2, 0.25) is 11.7 Å². The maximum atomic E-state index is 7.38. The second-order valence-electron chi connectivity index (χ2n) is 9.60. The van der Waals surface area contributed by atoms with Gasteiger partial charge in [-0.1, -0.05) is 0 Å². The zero-order valence-corrected chi connectivity index (χ0v) is 22.1. The molecule has 0 amide bonds. The van der Waals surface area contributed by atoms with Crippen LogP contribution in [-0.2, 0) is 4.74 Å². The predicted octanol–water partition coefficient (Wildman–Crippen LogP) is -0.544. The van der Waals surface area contributed by atoms with Gasteiger partial charge in [-0.15, -0.1) is 0 Å². The predicted molar refractivity (Wildman–Crippen MR) is 124 cm³/mol. The van der Waals surface area contributed by atoms with E-state index in [1.807, 2.05) is 0 Å². The van der Waals surface area contributed by atoms with Crippen LogP contribution in [0.4, 0.5) is 0 Å². The van der Waals surface area contributed by atoms with E-state index in [0.29, 0.717) is 0 Å². The lowest BCUT2D eigenvalue weighted by Crippen LogP contribution is -2.80. The monoisotopic (exact) mass is 418 g/mol. The first-order chi connectivity index (χ1) is 13.0. The van der Waals surface area contributed by atoms with Crippen LogP contribution in [0, 0.1) is 0 Å². The summed E-state index contributed by atoms with van der Waals surface area (Å²) in [6.45, 7) is 0. The van der Waals surface area contributed by atoms with Crippen molar-refractivity contribution in [1.29, 1.82) is 0 Å². The van der Waals surface area contributed by atoms with Crippen molar-refractivity contribution in [2.75, 3.05) is 113 Å². The zero-order chi connectivity index (χ0) is 23.5. The van der Waals surface area contributed by atoms with E-state index >= 15 is 0 Å². The van der Waals surface area contributed by atoms with Crippen LogP contribution in [0.25, 0.3) is 0 Å². The highest BCUT2D eigenvalue weighted by Gasteiger charge is 2.58. The van der Waals surface area contributed by atoms with Gasteiger partial charge in [-0.2, -0.15) is 0 Å². The molecular formula is C20H50N8O. The molecule has 0 fully saturated rings. The van der Waals surface area contributed by atoms with Crippen LogP contribution in [0.3, 0.4) is 0 Å². The quantitative estimate of drug-likeness (QED) is 0.388. The fourth-order valence-corrected chi connectivity index (χ4v) is 4.68. The van der Waals surface area contributed by atoms with Gasteiger partial charge < -0.3 is 4.74 Å². The molecule has 0 spiro atoms. The van der Waals surface area contributed by atoms with E-state index in [1.54, 1.807) is 0 Å². The molecule has 0 aromatic heterocycles. The molecule has 0 heterocycles. The van der Waals surface area contributed by atoms with Crippen LogP contribution in [0.2, 0.25) is 0 Å². The number of hydrogen-bond acceptors (Lipinski definition) is 9. The van der Waals surface area contributed by atoms with Crippen molar-refractivity contribution in [3.8, 4) is 0 Å². The van der Waals surface area contributed by atoms with Gasteiger partial charge in [0.25, 0.3) is 0 Å². The minimum atomic E-state index is -0.758. The molecule has 0 aromatic rings. The Morgan fingerprint density at radius 1 is 0.379 bits per heavy atom. The van der Waals surface area contributed by atoms with Crippen LogP contribution in [0.15, 0.2) is 0 Å². The Bertz CT molecular complexity index is 403. The molecule has 0 radical (unpaired) electrons. The Labute approximate surface area is 181 Å². The van der Waals surface area contributed by atoms with Crippen LogP contribution in [-0.4, -0.2) is 176 Å². The molecule has 0 aliphatic heterocycles. The Morgan fingerprint density at radius 3 is 0.655 bits per heavy atom. The third-order valence-corrected chi connectivity index (χ3v) is 5.49. The molecule has 0 aromatic carbocycles. The van der Waals surface area contributed by atoms with Crippen LogP contribution in [0.5, 0.6) is 0 Å². The Hall–Kier alpha value is -0.360. The number of rotatable bonds is 12. The average molecular weight is 419 g/mol. The molecule has 0 bridgehead atoms. The van der Waals surface area contributed by atoms with Gasteiger partial charge >= 0.3 is 0 Å². The molecule has 0 aliphatic carbocycles. The van der Waals surface area contributed by atoms with Crippen LogP contribution < -0.4 is 0 Å². The minimum Gasteiger partial charge on any atom is -0.306 e. The second kappa shape index (κ2) is 10.8. The van der Waals surface area contributed by atoms with Crippen LogP contribution in [0.1, 0.15) is 0 Å². The highest BCUT2D eigenvalue weighted by molar-refractivity contribution is 4.96. The molecule has 9 nitrogen and oxygen atoms in total. The third kappa shape index (κ3) is 5.47. The Kier molecular flexibility index (Phi) is 10.7. The normalized spacial score (nSPS) is 14.7. The molecule has 9 heteroatoms. The smallest absolute Gasteiger partial charge is 0.212 e. The zero-order valence-electron chi connectivity index (χ0n) is 22.1. The summed E-state index contributed by atoms with van der Waals surface area (Å²) in [6.07, 6.45) is -0.0894. The average Bonchev–Trinajstić information content (AvgIpc) is 2.50. The van der Waals surface area contributed by atoms with E-state index in [9.17, 15) is 0 Å². The third-order valence-electron chi connectivity index (χ3n) is 5.49. The largest absolute Gasteiger partial charge is 0.306 e. The maximum absolute atomic E-state index is 7.38. The highest BCUT2D eigenvalue weighted by atomic mass is 16.6. The highest BCUT2D eigenvalue weighted by Crippen LogP contribution is 2.37. The molecule has 0 rings (SSSR count). The van der Waals surface area contributed by atoms with E-state index in [4.69, 9.17) is 4.74 Å². The first kappa shape index (κ1) is 28.6. The molecule has 0 saturated heterocycles. The first-order valence-corrected chi connectivity index (χ1v) is 10.1. The number of ether oxygens (including phenoxy) is 1. The lowest BCUT2D eigenvalue weighted by molar-refractivity contribution is -0.396. The van der Waals surface area contributed by atoms with Gasteiger partial charge in [0, 0.05) is 0 Å². The van der Waals surface area contributed by atoms with E-state index in [-0.39, 0.29) is 12.3 Å². The first-order valence-electron chi connectivity index (χ1n) is 10.1. The molecule has 176 valence electrons. The van der Waals surface area contributed by atoms with Gasteiger partial charge in [0.05, 0.1) is 0 Å². The molecule has 0 N–H and O–H groups in total. The standard InChI is InChI=1S/C20H50N8O/c1-21(2)17(22(3)4)19(25(9)10,26(11)12)29-20(27(13)14,28(15)16)18(23(5)6)24(7)8/h17-18H,1-16H3. The lowest BCUT2D eigenvalue weighted by atomic mass is 10.1. The topological polar surface area (TPSA) is 35.2 Å². The summed E-state index contributed by atoms with van der Waals surface area (Å²) in [4.78, 5) is 17.5. The molecule has 29 heavy (non-hydrogen) atoms. The number of nitrogens with zero attached hydrogens (tertiary/aromatic N) is 8. The Balaban J connectivity index is 7.08. The minimum absolute atomic E-state index is 0.0447. The number of likely N-dealkylation sites (N-methyl/N-ethyl adjacent to an activating group) is 8. The van der Waals surface area contributed by atoms with Gasteiger partial charge in [-0.05, 0) is 113 Å². The second-order valence-corrected chi connectivity index (χ2v) is 9.60. The van der Waals surface area contributed by atoms with Crippen molar-refractivity contribution in [3.05, 3.63) is 0 Å². The van der Waals surface area contributed by atoms with E-state index in [2.05, 4.69) is 152 Å². The molecule has 0 saturated carbocycles. The van der Waals surface area contributed by atoms with E-state index in [1.165, 1.54) is 0 Å². The fraction of sp³-hybridized carbons (Fsp3) is 1.00. The number of hydrogen-bond donors (Lipinski definition) is 0. The molecular weight excluding hydrogens is 368 g/mol. The van der Waals surface area contributed by atoms with Crippen molar-refractivity contribution in [2.24, 2.45) is 0 Å². The summed E-state index contributed by atoms with van der Waals surface area (Å²) in [6, 6.07) is 0. The Morgan fingerprint density at radius 2 is 0.552 bits per heavy atom. The summed E-state index contributed by atoms with van der Waals surface area (Å²) < 4.78 is 7.38. The van der Waals surface area contributed by atoms with Crippen molar-refractivity contribution in [2.45, 2.75) is 24.0 Å². The van der Waals surface area contributed by atoms with Crippen molar-refractivity contribution in [1.82, 2.24) is 39.2 Å². The molecule has 0 unspecified atom stereocenters. The van der Waals surface area contributed by atoms with E-state index in [0.717, 1.165) is 0 Å². The summed E-state index contributed by atoms with van der Waals surface area (Å²) in [5.74, 6) is -1.52. The van der Waals surface area contributed by atoms with Crippen molar-refractivity contribution in [3.63, 3.8) is 0 Å². The summed E-state index contributed by atoms with van der Waals surface area (Å²) in [5.41, 5.74) is 0. The van der Waals surface area contributed by atoms with Crippen molar-refractivity contribution >= 4 is 0 Å². The molecule has 0 atom stereocenters.